The van der Waals surface area contributed by atoms with Crippen LogP contribution < -0.4 is 15.4 Å². The van der Waals surface area contributed by atoms with Crippen molar-refractivity contribution in [3.63, 3.8) is 0 Å². The first kappa shape index (κ1) is 23.2. The molecule has 7 nitrogen and oxygen atoms in total. The summed E-state index contributed by atoms with van der Waals surface area (Å²) in [7, 11) is -3.94. The normalized spacial score (nSPS) is 12.2. The van der Waals surface area contributed by atoms with Gasteiger partial charge in [0.1, 0.15) is 0 Å². The lowest BCUT2D eigenvalue weighted by Gasteiger charge is -2.22. The SMILES string of the molecule is CC(=O)Nc1ccc(S(=O)(=O)N[C@@H](C)C(=O)NC(c2ccccc2)c2ccccc2)cc1. The average Bonchev–Trinajstić information content (AvgIpc) is 2.78. The van der Waals surface area contributed by atoms with Crippen LogP contribution in [0.2, 0.25) is 0 Å². The summed E-state index contributed by atoms with van der Waals surface area (Å²) in [5.74, 6) is -0.712. The van der Waals surface area contributed by atoms with Gasteiger partial charge in [0.15, 0.2) is 0 Å². The molecule has 0 unspecified atom stereocenters. The van der Waals surface area contributed by atoms with E-state index in [2.05, 4.69) is 15.4 Å². The fourth-order valence-corrected chi connectivity index (χ4v) is 4.40. The Balaban J connectivity index is 1.74. The van der Waals surface area contributed by atoms with Crippen LogP contribution in [0, 0.1) is 0 Å². The fourth-order valence-electron chi connectivity index (χ4n) is 3.19. The molecule has 3 N–H and O–H groups in total. The third kappa shape index (κ3) is 6.03. The van der Waals surface area contributed by atoms with Gasteiger partial charge in [-0.25, -0.2) is 8.42 Å². The molecule has 0 heterocycles. The molecule has 0 bridgehead atoms. The van der Waals surface area contributed by atoms with Gasteiger partial charge in [-0.1, -0.05) is 60.7 Å². The first-order chi connectivity index (χ1) is 15.3. The second-order valence-electron chi connectivity index (χ2n) is 7.31. The Morgan fingerprint density at radius 1 is 0.781 bits per heavy atom. The Morgan fingerprint density at radius 2 is 1.28 bits per heavy atom. The highest BCUT2D eigenvalue weighted by molar-refractivity contribution is 7.89. The third-order valence-electron chi connectivity index (χ3n) is 4.76. The van der Waals surface area contributed by atoms with E-state index in [1.807, 2.05) is 60.7 Å². The molecule has 1 atom stereocenters. The number of rotatable bonds is 8. The van der Waals surface area contributed by atoms with Crippen molar-refractivity contribution >= 4 is 27.5 Å². The highest BCUT2D eigenvalue weighted by Crippen LogP contribution is 2.22. The molecule has 0 aromatic heterocycles. The maximum Gasteiger partial charge on any atom is 0.241 e. The van der Waals surface area contributed by atoms with Gasteiger partial charge in [-0.3, -0.25) is 9.59 Å². The molecule has 0 radical (unpaired) electrons. The van der Waals surface area contributed by atoms with E-state index in [0.29, 0.717) is 5.69 Å². The van der Waals surface area contributed by atoms with Gasteiger partial charge in [0.25, 0.3) is 0 Å². The topological polar surface area (TPSA) is 104 Å². The summed E-state index contributed by atoms with van der Waals surface area (Å²) < 4.78 is 27.9. The van der Waals surface area contributed by atoms with Crippen molar-refractivity contribution in [1.82, 2.24) is 10.0 Å². The largest absolute Gasteiger partial charge is 0.344 e. The van der Waals surface area contributed by atoms with Crippen molar-refractivity contribution in [1.29, 1.82) is 0 Å². The van der Waals surface area contributed by atoms with Crippen molar-refractivity contribution in [2.75, 3.05) is 5.32 Å². The molecular formula is C24H25N3O4S. The van der Waals surface area contributed by atoms with E-state index >= 15 is 0 Å². The van der Waals surface area contributed by atoms with Crippen molar-refractivity contribution in [2.45, 2.75) is 30.8 Å². The predicted octanol–water partition coefficient (Wildman–Crippen LogP) is 3.22. The second-order valence-corrected chi connectivity index (χ2v) is 9.03. The number of nitrogens with one attached hydrogen (secondary N) is 3. The fraction of sp³-hybridized carbons (Fsp3) is 0.167. The molecule has 0 fully saturated rings. The van der Waals surface area contributed by atoms with Crippen LogP contribution in [0.4, 0.5) is 5.69 Å². The van der Waals surface area contributed by atoms with E-state index in [4.69, 9.17) is 0 Å². The number of hydrogen-bond donors (Lipinski definition) is 3. The number of carbonyl (C=O) groups is 2. The predicted molar refractivity (Wildman–Crippen MR) is 123 cm³/mol. The second kappa shape index (κ2) is 10.2. The molecule has 0 saturated heterocycles. The van der Waals surface area contributed by atoms with Crippen molar-refractivity contribution in [3.05, 3.63) is 96.1 Å². The van der Waals surface area contributed by atoms with E-state index < -0.39 is 28.0 Å². The van der Waals surface area contributed by atoms with Gasteiger partial charge in [0.05, 0.1) is 17.0 Å². The van der Waals surface area contributed by atoms with Gasteiger partial charge >= 0.3 is 0 Å². The molecule has 3 aromatic carbocycles. The molecule has 3 aromatic rings. The standard InChI is InChI=1S/C24H25N3O4S/c1-17(27-32(30,31)22-15-13-21(14-16-22)25-18(2)28)24(29)26-23(19-9-5-3-6-10-19)20-11-7-4-8-12-20/h3-17,23,27H,1-2H3,(H,25,28)(H,26,29)/t17-/m0/s1. The van der Waals surface area contributed by atoms with E-state index in [1.165, 1.54) is 38.1 Å². The van der Waals surface area contributed by atoms with Crippen LogP contribution in [0.5, 0.6) is 0 Å². The number of carbonyl (C=O) groups excluding carboxylic acids is 2. The Bertz CT molecular complexity index is 1130. The minimum Gasteiger partial charge on any atom is -0.344 e. The molecule has 0 saturated carbocycles. The molecular weight excluding hydrogens is 426 g/mol. The van der Waals surface area contributed by atoms with E-state index in [1.54, 1.807) is 0 Å². The third-order valence-corrected chi connectivity index (χ3v) is 6.32. The maximum absolute atomic E-state index is 12.9. The summed E-state index contributed by atoms with van der Waals surface area (Å²) in [5, 5.41) is 5.52. The van der Waals surface area contributed by atoms with Gasteiger partial charge in [-0.05, 0) is 42.3 Å². The van der Waals surface area contributed by atoms with Crippen molar-refractivity contribution in [2.24, 2.45) is 0 Å². The summed E-state index contributed by atoms with van der Waals surface area (Å²) in [5.41, 5.74) is 2.25. The van der Waals surface area contributed by atoms with Gasteiger partial charge in [-0.15, -0.1) is 0 Å². The van der Waals surface area contributed by atoms with Crippen LogP contribution in [0.25, 0.3) is 0 Å². The molecule has 0 aliphatic carbocycles. The zero-order valence-corrected chi connectivity index (χ0v) is 18.6. The summed E-state index contributed by atoms with van der Waals surface area (Å²) in [4.78, 5) is 24.0. The Morgan fingerprint density at radius 3 is 1.75 bits per heavy atom. The first-order valence-electron chi connectivity index (χ1n) is 10.1. The van der Waals surface area contributed by atoms with Crippen LogP contribution >= 0.6 is 0 Å². The molecule has 2 amide bonds. The van der Waals surface area contributed by atoms with Crippen LogP contribution in [-0.4, -0.2) is 26.3 Å². The van der Waals surface area contributed by atoms with Gasteiger partial charge < -0.3 is 10.6 Å². The highest BCUT2D eigenvalue weighted by atomic mass is 32.2. The summed E-state index contributed by atoms with van der Waals surface area (Å²) in [6.45, 7) is 2.86. The lowest BCUT2D eigenvalue weighted by molar-refractivity contribution is -0.122. The van der Waals surface area contributed by atoms with Gasteiger partial charge in [0, 0.05) is 12.6 Å². The number of amides is 2. The molecule has 0 aliphatic rings. The first-order valence-corrected chi connectivity index (χ1v) is 11.5. The van der Waals surface area contributed by atoms with Crippen LogP contribution in [0.3, 0.4) is 0 Å². The summed E-state index contributed by atoms with van der Waals surface area (Å²) in [6, 6.07) is 23.2. The lowest BCUT2D eigenvalue weighted by Crippen LogP contribution is -2.46. The monoisotopic (exact) mass is 451 g/mol. The van der Waals surface area contributed by atoms with E-state index in [-0.39, 0.29) is 10.8 Å². The Kier molecular flexibility index (Phi) is 7.40. The van der Waals surface area contributed by atoms with Crippen LogP contribution in [0.1, 0.15) is 31.0 Å². The quantitative estimate of drug-likeness (QED) is 0.489. The van der Waals surface area contributed by atoms with Crippen LogP contribution in [0.15, 0.2) is 89.8 Å². The molecule has 0 spiro atoms. The number of anilines is 1. The van der Waals surface area contributed by atoms with E-state index in [0.717, 1.165) is 11.1 Å². The maximum atomic E-state index is 12.9. The molecule has 3 rings (SSSR count). The lowest BCUT2D eigenvalue weighted by atomic mass is 9.98. The van der Waals surface area contributed by atoms with Gasteiger partial charge in [0.2, 0.25) is 21.8 Å². The Hall–Kier alpha value is -3.49. The zero-order chi connectivity index (χ0) is 23.1. The van der Waals surface area contributed by atoms with E-state index in [9.17, 15) is 18.0 Å². The number of sulfonamides is 1. The highest BCUT2D eigenvalue weighted by Gasteiger charge is 2.25. The zero-order valence-electron chi connectivity index (χ0n) is 17.8. The Labute approximate surface area is 187 Å². The molecule has 32 heavy (non-hydrogen) atoms. The number of benzene rings is 3. The van der Waals surface area contributed by atoms with Gasteiger partial charge in [-0.2, -0.15) is 4.72 Å². The minimum absolute atomic E-state index is 0.00563. The molecule has 166 valence electrons. The minimum atomic E-state index is -3.94. The van der Waals surface area contributed by atoms with Crippen molar-refractivity contribution < 1.29 is 18.0 Å². The molecule has 0 aliphatic heterocycles. The molecule has 8 heteroatoms. The number of hydrogen-bond acceptors (Lipinski definition) is 4. The summed E-state index contributed by atoms with van der Waals surface area (Å²) in [6.07, 6.45) is 0. The summed E-state index contributed by atoms with van der Waals surface area (Å²) >= 11 is 0. The smallest absolute Gasteiger partial charge is 0.241 e. The average molecular weight is 452 g/mol. The van der Waals surface area contributed by atoms with Crippen molar-refractivity contribution in [3.8, 4) is 0 Å². The van der Waals surface area contributed by atoms with Crippen LogP contribution in [-0.2, 0) is 19.6 Å².